The number of halogens is 1. The average molecular weight is 546 g/mol. The quantitative estimate of drug-likeness (QED) is 0.219. The smallest absolute Gasteiger partial charge is 0.240 e. The van der Waals surface area contributed by atoms with E-state index in [0.717, 1.165) is 32.2 Å². The zero-order valence-electron chi connectivity index (χ0n) is 18.4. The molecule has 5 rings (SSSR count). The van der Waals surface area contributed by atoms with Gasteiger partial charge in [0.2, 0.25) is 11.8 Å². The fourth-order valence-electron chi connectivity index (χ4n) is 3.77. The third-order valence-electron chi connectivity index (χ3n) is 5.42. The zero-order valence-corrected chi connectivity index (χ0v) is 20.8. The standard InChI is InChI=1S/C26H20BrN5O2S/c27-17-10-12-18(13-11-17)29-23(33)14-22-25(34)31-26(35-22)32-28-15-20-19-8-4-5-9-21(19)30-24(20)16-6-2-1-3-7-16/h1-13,15,22,30H,14H2,(H,29,33)(H,31,32,34). The lowest BCUT2D eigenvalue weighted by atomic mass is 10.1. The number of amides is 2. The van der Waals surface area contributed by atoms with Gasteiger partial charge in [0, 0.05) is 33.0 Å². The number of fused-ring (bicyclic) bond motifs is 1. The van der Waals surface area contributed by atoms with E-state index < -0.39 is 5.25 Å². The van der Waals surface area contributed by atoms with Gasteiger partial charge in [0.25, 0.3) is 0 Å². The molecule has 1 saturated heterocycles. The van der Waals surface area contributed by atoms with Crippen LogP contribution in [0.3, 0.4) is 0 Å². The van der Waals surface area contributed by atoms with Crippen LogP contribution in [0, 0.1) is 0 Å². The Morgan fingerprint density at radius 2 is 1.77 bits per heavy atom. The van der Waals surface area contributed by atoms with E-state index in [2.05, 4.69) is 41.8 Å². The molecule has 9 heteroatoms. The van der Waals surface area contributed by atoms with Crippen LogP contribution in [0.2, 0.25) is 0 Å². The molecular formula is C26H20BrN5O2S. The molecule has 1 atom stereocenters. The van der Waals surface area contributed by atoms with Crippen molar-refractivity contribution in [3.63, 3.8) is 0 Å². The predicted octanol–water partition coefficient (Wildman–Crippen LogP) is 5.55. The second-order valence-corrected chi connectivity index (χ2v) is 9.94. The lowest BCUT2D eigenvalue weighted by molar-refractivity contribution is -0.122. The maximum atomic E-state index is 12.4. The lowest BCUT2D eigenvalue weighted by Crippen LogP contribution is -2.28. The van der Waals surface area contributed by atoms with Crippen LogP contribution in [0.25, 0.3) is 22.2 Å². The van der Waals surface area contributed by atoms with E-state index in [9.17, 15) is 9.59 Å². The average Bonchev–Trinajstić information content (AvgIpc) is 3.41. The van der Waals surface area contributed by atoms with Gasteiger partial charge in [0.15, 0.2) is 5.17 Å². The molecule has 0 bridgehead atoms. The van der Waals surface area contributed by atoms with Crippen molar-refractivity contribution in [1.29, 1.82) is 0 Å². The minimum absolute atomic E-state index is 0.0376. The molecule has 0 spiro atoms. The van der Waals surface area contributed by atoms with Crippen molar-refractivity contribution >= 4 is 67.5 Å². The number of carbonyl (C=O) groups is 2. The second kappa shape index (κ2) is 10.3. The number of carbonyl (C=O) groups excluding carboxylic acids is 2. The largest absolute Gasteiger partial charge is 0.354 e. The van der Waals surface area contributed by atoms with Crippen molar-refractivity contribution in [2.75, 3.05) is 5.32 Å². The fraction of sp³-hybridized carbons (Fsp3) is 0.0769. The van der Waals surface area contributed by atoms with Crippen LogP contribution in [-0.2, 0) is 9.59 Å². The Bertz CT molecular complexity index is 1450. The van der Waals surface area contributed by atoms with E-state index in [-0.39, 0.29) is 18.2 Å². The van der Waals surface area contributed by atoms with Gasteiger partial charge in [-0.3, -0.25) is 9.59 Å². The molecule has 35 heavy (non-hydrogen) atoms. The van der Waals surface area contributed by atoms with Gasteiger partial charge in [-0.05, 0) is 35.9 Å². The highest BCUT2D eigenvalue weighted by Crippen LogP contribution is 2.29. The van der Waals surface area contributed by atoms with E-state index >= 15 is 0 Å². The summed E-state index contributed by atoms with van der Waals surface area (Å²) in [5.41, 5.74) is 4.57. The molecule has 2 amide bonds. The first-order valence-corrected chi connectivity index (χ1v) is 12.5. The van der Waals surface area contributed by atoms with Gasteiger partial charge in [-0.25, -0.2) is 0 Å². The van der Waals surface area contributed by atoms with Crippen LogP contribution in [-0.4, -0.2) is 33.4 Å². The summed E-state index contributed by atoms with van der Waals surface area (Å²) in [5, 5.41) is 14.8. The summed E-state index contributed by atoms with van der Waals surface area (Å²) < 4.78 is 0.922. The molecule has 3 N–H and O–H groups in total. The number of rotatable bonds is 6. The molecule has 0 aliphatic carbocycles. The predicted molar refractivity (Wildman–Crippen MR) is 146 cm³/mol. The highest BCUT2D eigenvalue weighted by Gasteiger charge is 2.32. The van der Waals surface area contributed by atoms with E-state index in [4.69, 9.17) is 0 Å². The van der Waals surface area contributed by atoms with E-state index in [1.807, 2.05) is 66.7 Å². The third kappa shape index (κ3) is 5.36. The number of anilines is 1. The van der Waals surface area contributed by atoms with Crippen molar-refractivity contribution in [1.82, 2.24) is 10.3 Å². The van der Waals surface area contributed by atoms with Gasteiger partial charge in [-0.1, -0.05) is 76.2 Å². The summed E-state index contributed by atoms with van der Waals surface area (Å²) >= 11 is 4.56. The number of aromatic amines is 1. The molecular weight excluding hydrogens is 526 g/mol. The Morgan fingerprint density at radius 1 is 1.03 bits per heavy atom. The highest BCUT2D eigenvalue weighted by molar-refractivity contribution is 9.10. The molecule has 2 heterocycles. The summed E-state index contributed by atoms with van der Waals surface area (Å²) in [7, 11) is 0. The zero-order chi connectivity index (χ0) is 24.2. The molecule has 0 radical (unpaired) electrons. The Hall–Kier alpha value is -3.69. The van der Waals surface area contributed by atoms with Crippen molar-refractivity contribution in [3.05, 3.63) is 88.9 Å². The number of hydrogen-bond acceptors (Lipinski definition) is 5. The number of hydrogen-bond donors (Lipinski definition) is 3. The number of nitrogens with one attached hydrogen (secondary N) is 3. The summed E-state index contributed by atoms with van der Waals surface area (Å²) in [5.74, 6) is -0.497. The minimum atomic E-state index is -0.563. The number of nitrogens with zero attached hydrogens (tertiary/aromatic N) is 2. The third-order valence-corrected chi connectivity index (χ3v) is 7.02. The van der Waals surface area contributed by atoms with Crippen molar-refractivity contribution < 1.29 is 9.59 Å². The van der Waals surface area contributed by atoms with Crippen LogP contribution in [0.4, 0.5) is 5.69 Å². The Labute approximate surface area is 214 Å². The lowest BCUT2D eigenvalue weighted by Gasteiger charge is -2.07. The number of thioether (sulfide) groups is 1. The van der Waals surface area contributed by atoms with E-state index in [0.29, 0.717) is 10.9 Å². The first kappa shape index (κ1) is 23.1. The minimum Gasteiger partial charge on any atom is -0.354 e. The number of benzene rings is 3. The van der Waals surface area contributed by atoms with Crippen LogP contribution in [0.1, 0.15) is 12.0 Å². The number of aromatic nitrogens is 1. The van der Waals surface area contributed by atoms with Crippen molar-refractivity contribution in [2.45, 2.75) is 11.7 Å². The van der Waals surface area contributed by atoms with E-state index in [1.165, 1.54) is 11.8 Å². The van der Waals surface area contributed by atoms with Crippen LogP contribution in [0.15, 0.2) is 93.5 Å². The molecule has 1 aromatic heterocycles. The second-order valence-electron chi connectivity index (χ2n) is 7.83. The van der Waals surface area contributed by atoms with Gasteiger partial charge < -0.3 is 15.6 Å². The molecule has 1 fully saturated rings. The maximum Gasteiger partial charge on any atom is 0.240 e. The summed E-state index contributed by atoms with van der Waals surface area (Å²) in [6, 6.07) is 25.3. The SMILES string of the molecule is O=C(CC1SC(=NN=Cc2c(-c3ccccc3)[nH]c3ccccc23)NC1=O)Nc1ccc(Br)cc1. The first-order chi connectivity index (χ1) is 17.1. The van der Waals surface area contributed by atoms with Gasteiger partial charge in [0.05, 0.1) is 11.9 Å². The molecule has 3 aromatic carbocycles. The van der Waals surface area contributed by atoms with Crippen molar-refractivity contribution in [3.8, 4) is 11.3 Å². The van der Waals surface area contributed by atoms with Crippen LogP contribution >= 0.6 is 27.7 Å². The summed E-state index contributed by atoms with van der Waals surface area (Å²) in [6.07, 6.45) is 1.73. The maximum absolute atomic E-state index is 12.4. The Kier molecular flexibility index (Phi) is 6.78. The van der Waals surface area contributed by atoms with Gasteiger partial charge in [-0.2, -0.15) is 5.10 Å². The topological polar surface area (TPSA) is 98.7 Å². The highest BCUT2D eigenvalue weighted by atomic mass is 79.9. The van der Waals surface area contributed by atoms with Crippen LogP contribution < -0.4 is 10.6 Å². The molecule has 174 valence electrons. The molecule has 1 aliphatic rings. The van der Waals surface area contributed by atoms with Crippen molar-refractivity contribution in [2.24, 2.45) is 10.2 Å². The van der Waals surface area contributed by atoms with Gasteiger partial charge in [-0.15, -0.1) is 5.10 Å². The van der Waals surface area contributed by atoms with Crippen LogP contribution in [0.5, 0.6) is 0 Å². The number of H-pyrrole nitrogens is 1. The molecule has 1 unspecified atom stereocenters. The van der Waals surface area contributed by atoms with Gasteiger partial charge >= 0.3 is 0 Å². The number of amidine groups is 1. The molecule has 1 aliphatic heterocycles. The fourth-order valence-corrected chi connectivity index (χ4v) is 4.96. The van der Waals surface area contributed by atoms with Gasteiger partial charge in [0.1, 0.15) is 5.25 Å². The first-order valence-electron chi connectivity index (χ1n) is 10.9. The Morgan fingerprint density at radius 3 is 2.57 bits per heavy atom. The monoisotopic (exact) mass is 545 g/mol. The summed E-state index contributed by atoms with van der Waals surface area (Å²) in [4.78, 5) is 28.2. The molecule has 7 nitrogen and oxygen atoms in total. The number of para-hydroxylation sites is 1. The van der Waals surface area contributed by atoms with E-state index in [1.54, 1.807) is 18.3 Å². The summed E-state index contributed by atoms with van der Waals surface area (Å²) in [6.45, 7) is 0. The molecule has 4 aromatic rings. The Balaban J connectivity index is 1.30. The normalized spacial score (nSPS) is 16.8. The molecule has 0 saturated carbocycles.